The van der Waals surface area contributed by atoms with Gasteiger partial charge in [-0.25, -0.2) is 0 Å². The predicted molar refractivity (Wildman–Crippen MR) is 44.1 cm³/mol. The third-order valence-corrected chi connectivity index (χ3v) is 2.99. The van der Waals surface area contributed by atoms with Gasteiger partial charge in [0.2, 0.25) is 0 Å². The first-order chi connectivity index (χ1) is 5.22. The van der Waals surface area contributed by atoms with Gasteiger partial charge in [0.05, 0.1) is 13.2 Å². The van der Waals surface area contributed by atoms with Crippen LogP contribution in [-0.2, 0) is 0 Å². The molecule has 1 fully saturated rings. The van der Waals surface area contributed by atoms with Crippen LogP contribution in [0.4, 0.5) is 0 Å². The highest BCUT2D eigenvalue weighted by Gasteiger charge is 2.59. The van der Waals surface area contributed by atoms with Crippen molar-refractivity contribution < 1.29 is 10.2 Å². The standard InChI is InChI=1S/C9H16O2/c1-3-4-8-7(2)9(8,5-10)6-11/h3-4,7-8,10-11H,5-6H2,1-2H3/b4-3+/t7-,8-/m0/s1. The van der Waals surface area contributed by atoms with Gasteiger partial charge in [-0.3, -0.25) is 0 Å². The first-order valence-corrected chi connectivity index (χ1v) is 4.07. The fraction of sp³-hybridized carbons (Fsp3) is 0.778. The summed E-state index contributed by atoms with van der Waals surface area (Å²) in [5, 5.41) is 18.1. The quantitative estimate of drug-likeness (QED) is 0.593. The monoisotopic (exact) mass is 156 g/mol. The topological polar surface area (TPSA) is 40.5 Å². The SMILES string of the molecule is C/C=C/[C@H]1[C@H](C)C1(CO)CO. The number of aliphatic hydroxyl groups is 2. The summed E-state index contributed by atoms with van der Waals surface area (Å²) >= 11 is 0. The number of allylic oxidation sites excluding steroid dienone is 2. The lowest BCUT2D eigenvalue weighted by Gasteiger charge is -2.08. The molecule has 1 aliphatic rings. The third-order valence-electron chi connectivity index (χ3n) is 2.99. The van der Waals surface area contributed by atoms with Crippen LogP contribution >= 0.6 is 0 Å². The van der Waals surface area contributed by atoms with Gasteiger partial charge in [-0.1, -0.05) is 19.1 Å². The minimum Gasteiger partial charge on any atom is -0.396 e. The molecule has 2 atom stereocenters. The summed E-state index contributed by atoms with van der Waals surface area (Å²) in [7, 11) is 0. The second-order valence-electron chi connectivity index (χ2n) is 3.39. The Morgan fingerprint density at radius 2 is 1.91 bits per heavy atom. The van der Waals surface area contributed by atoms with Gasteiger partial charge in [-0.15, -0.1) is 0 Å². The number of hydrogen-bond acceptors (Lipinski definition) is 2. The van der Waals surface area contributed by atoms with Crippen molar-refractivity contribution >= 4 is 0 Å². The minimum atomic E-state index is -0.216. The van der Waals surface area contributed by atoms with Gasteiger partial charge in [0.1, 0.15) is 0 Å². The summed E-state index contributed by atoms with van der Waals surface area (Å²) < 4.78 is 0. The summed E-state index contributed by atoms with van der Waals surface area (Å²) in [5.74, 6) is 0.802. The van der Waals surface area contributed by atoms with Gasteiger partial charge >= 0.3 is 0 Å². The normalized spacial score (nSPS) is 34.5. The summed E-state index contributed by atoms with van der Waals surface area (Å²) in [6, 6.07) is 0. The highest BCUT2D eigenvalue weighted by molar-refractivity contribution is 5.16. The molecular formula is C9H16O2. The molecule has 1 rings (SSSR count). The van der Waals surface area contributed by atoms with Crippen molar-refractivity contribution in [3.8, 4) is 0 Å². The predicted octanol–water partition coefficient (Wildman–Crippen LogP) is 0.799. The molecule has 1 aliphatic carbocycles. The van der Waals surface area contributed by atoms with Gasteiger partial charge in [0, 0.05) is 5.41 Å². The summed E-state index contributed by atoms with van der Waals surface area (Å²) in [6.45, 7) is 4.22. The van der Waals surface area contributed by atoms with Crippen LogP contribution in [0, 0.1) is 17.3 Å². The number of aliphatic hydroxyl groups excluding tert-OH is 2. The molecule has 0 spiro atoms. The molecular weight excluding hydrogens is 140 g/mol. The van der Waals surface area contributed by atoms with Crippen molar-refractivity contribution in [3.05, 3.63) is 12.2 Å². The van der Waals surface area contributed by atoms with Gasteiger partial charge in [-0.05, 0) is 18.8 Å². The van der Waals surface area contributed by atoms with E-state index in [1.807, 2.05) is 13.0 Å². The van der Waals surface area contributed by atoms with Crippen molar-refractivity contribution in [1.82, 2.24) is 0 Å². The van der Waals surface area contributed by atoms with E-state index in [1.165, 1.54) is 0 Å². The van der Waals surface area contributed by atoms with Crippen LogP contribution in [0.15, 0.2) is 12.2 Å². The molecule has 64 valence electrons. The zero-order valence-electron chi connectivity index (χ0n) is 7.12. The van der Waals surface area contributed by atoms with Crippen LogP contribution < -0.4 is 0 Å². The molecule has 11 heavy (non-hydrogen) atoms. The Labute approximate surface area is 67.6 Å². The maximum Gasteiger partial charge on any atom is 0.0518 e. The van der Waals surface area contributed by atoms with E-state index in [0.717, 1.165) is 0 Å². The Bertz CT molecular complexity index is 159. The van der Waals surface area contributed by atoms with Gasteiger partial charge < -0.3 is 10.2 Å². The van der Waals surface area contributed by atoms with E-state index in [9.17, 15) is 0 Å². The first-order valence-electron chi connectivity index (χ1n) is 4.07. The summed E-state index contributed by atoms with van der Waals surface area (Å²) in [6.07, 6.45) is 4.05. The zero-order chi connectivity index (χ0) is 8.48. The van der Waals surface area contributed by atoms with E-state index >= 15 is 0 Å². The lowest BCUT2D eigenvalue weighted by atomic mass is 10.1. The van der Waals surface area contributed by atoms with Crippen molar-refractivity contribution in [3.63, 3.8) is 0 Å². The first kappa shape index (κ1) is 8.75. The fourth-order valence-corrected chi connectivity index (χ4v) is 1.85. The maximum absolute atomic E-state index is 9.03. The van der Waals surface area contributed by atoms with Gasteiger partial charge in [-0.2, -0.15) is 0 Å². The lowest BCUT2D eigenvalue weighted by molar-refractivity contribution is 0.118. The molecule has 0 heterocycles. The van der Waals surface area contributed by atoms with Crippen molar-refractivity contribution in [2.45, 2.75) is 13.8 Å². The number of rotatable bonds is 3. The number of hydrogen-bond donors (Lipinski definition) is 2. The van der Waals surface area contributed by atoms with Crippen molar-refractivity contribution in [2.24, 2.45) is 17.3 Å². The molecule has 1 saturated carbocycles. The smallest absolute Gasteiger partial charge is 0.0518 e. The van der Waals surface area contributed by atoms with E-state index in [-0.39, 0.29) is 18.6 Å². The fourth-order valence-electron chi connectivity index (χ4n) is 1.85. The van der Waals surface area contributed by atoms with Crippen LogP contribution in [0.2, 0.25) is 0 Å². The van der Waals surface area contributed by atoms with Crippen molar-refractivity contribution in [2.75, 3.05) is 13.2 Å². The Kier molecular flexibility index (Phi) is 2.35. The van der Waals surface area contributed by atoms with Crippen LogP contribution in [-0.4, -0.2) is 23.4 Å². The van der Waals surface area contributed by atoms with Crippen LogP contribution in [0.5, 0.6) is 0 Å². The van der Waals surface area contributed by atoms with Gasteiger partial charge in [0.25, 0.3) is 0 Å². The molecule has 0 unspecified atom stereocenters. The van der Waals surface area contributed by atoms with E-state index in [4.69, 9.17) is 10.2 Å². The van der Waals surface area contributed by atoms with Crippen LogP contribution in [0.3, 0.4) is 0 Å². The van der Waals surface area contributed by atoms with Gasteiger partial charge in [0.15, 0.2) is 0 Å². The molecule has 0 saturated heterocycles. The second-order valence-corrected chi connectivity index (χ2v) is 3.39. The molecule has 2 heteroatoms. The Morgan fingerprint density at radius 1 is 1.36 bits per heavy atom. The Balaban J connectivity index is 2.62. The molecule has 0 aromatic heterocycles. The Hall–Kier alpha value is -0.340. The maximum atomic E-state index is 9.03. The molecule has 2 N–H and O–H groups in total. The summed E-state index contributed by atoms with van der Waals surface area (Å²) in [5.41, 5.74) is -0.216. The Morgan fingerprint density at radius 3 is 2.18 bits per heavy atom. The van der Waals surface area contributed by atoms with E-state index in [0.29, 0.717) is 11.8 Å². The lowest BCUT2D eigenvalue weighted by Crippen LogP contribution is -2.15. The second kappa shape index (κ2) is 2.95. The minimum absolute atomic E-state index is 0.0969. The van der Waals surface area contributed by atoms with E-state index in [1.54, 1.807) is 0 Å². The highest BCUT2D eigenvalue weighted by atomic mass is 16.3. The molecule has 0 aromatic rings. The largest absolute Gasteiger partial charge is 0.396 e. The molecule has 2 nitrogen and oxygen atoms in total. The molecule has 0 radical (unpaired) electrons. The molecule has 0 aromatic carbocycles. The van der Waals surface area contributed by atoms with E-state index < -0.39 is 0 Å². The summed E-state index contributed by atoms with van der Waals surface area (Å²) in [4.78, 5) is 0. The third kappa shape index (κ3) is 1.10. The average Bonchev–Trinajstić information content (AvgIpc) is 2.59. The molecule has 0 aliphatic heterocycles. The van der Waals surface area contributed by atoms with E-state index in [2.05, 4.69) is 13.0 Å². The van der Waals surface area contributed by atoms with Crippen LogP contribution in [0.25, 0.3) is 0 Å². The van der Waals surface area contributed by atoms with Crippen LogP contribution in [0.1, 0.15) is 13.8 Å². The van der Waals surface area contributed by atoms with Crippen molar-refractivity contribution in [1.29, 1.82) is 0 Å². The zero-order valence-corrected chi connectivity index (χ0v) is 7.12. The highest BCUT2D eigenvalue weighted by Crippen LogP contribution is 2.58. The average molecular weight is 156 g/mol. The molecule has 0 bridgehead atoms. The molecule has 0 amide bonds.